The van der Waals surface area contributed by atoms with E-state index in [4.69, 9.17) is 9.47 Å². The standard InChI is InChI=1S/C18H26O3/c1-20-17-7-6-14-8-10-18(19,13-15(14)12-17)9-2-4-16-5-3-11-21-16/h6-7,12,16,19H,2-5,8-11,13H2,1H3. The van der Waals surface area contributed by atoms with E-state index < -0.39 is 5.60 Å². The molecule has 21 heavy (non-hydrogen) atoms. The van der Waals surface area contributed by atoms with Gasteiger partial charge in [-0.1, -0.05) is 6.07 Å². The third-order valence-electron chi connectivity index (χ3n) is 4.98. The van der Waals surface area contributed by atoms with Crippen LogP contribution in [0.5, 0.6) is 5.75 Å². The Labute approximate surface area is 127 Å². The zero-order valence-corrected chi connectivity index (χ0v) is 12.9. The smallest absolute Gasteiger partial charge is 0.119 e. The molecule has 1 heterocycles. The average molecular weight is 290 g/mol. The monoisotopic (exact) mass is 290 g/mol. The van der Waals surface area contributed by atoms with Gasteiger partial charge < -0.3 is 14.6 Å². The van der Waals surface area contributed by atoms with Gasteiger partial charge in [-0.25, -0.2) is 0 Å². The summed E-state index contributed by atoms with van der Waals surface area (Å²) in [5.74, 6) is 0.886. The first-order valence-corrected chi connectivity index (χ1v) is 8.18. The van der Waals surface area contributed by atoms with Crippen molar-refractivity contribution in [2.45, 2.75) is 63.1 Å². The molecule has 1 aliphatic heterocycles. The highest BCUT2D eigenvalue weighted by atomic mass is 16.5. The summed E-state index contributed by atoms with van der Waals surface area (Å²) in [6.45, 7) is 0.919. The van der Waals surface area contributed by atoms with E-state index in [-0.39, 0.29) is 0 Å². The quantitative estimate of drug-likeness (QED) is 0.904. The minimum absolute atomic E-state index is 0.435. The third-order valence-corrected chi connectivity index (χ3v) is 4.98. The Morgan fingerprint density at radius 2 is 2.29 bits per heavy atom. The molecule has 1 N–H and O–H groups in total. The lowest BCUT2D eigenvalue weighted by Crippen LogP contribution is -2.36. The first kappa shape index (κ1) is 14.9. The molecule has 2 aliphatic rings. The van der Waals surface area contributed by atoms with E-state index in [0.29, 0.717) is 6.10 Å². The van der Waals surface area contributed by atoms with E-state index in [1.807, 2.05) is 6.07 Å². The van der Waals surface area contributed by atoms with Gasteiger partial charge in [-0.3, -0.25) is 0 Å². The number of methoxy groups -OCH3 is 1. The van der Waals surface area contributed by atoms with Crippen LogP contribution in [0.3, 0.4) is 0 Å². The van der Waals surface area contributed by atoms with Crippen LogP contribution in [0.4, 0.5) is 0 Å². The molecule has 116 valence electrons. The number of fused-ring (bicyclic) bond motifs is 1. The molecule has 0 spiro atoms. The summed E-state index contributed by atoms with van der Waals surface area (Å²) in [5.41, 5.74) is 2.07. The van der Waals surface area contributed by atoms with Crippen LogP contribution in [0, 0.1) is 0 Å². The van der Waals surface area contributed by atoms with Crippen molar-refractivity contribution >= 4 is 0 Å². The van der Waals surface area contributed by atoms with Crippen molar-refractivity contribution < 1.29 is 14.6 Å². The molecule has 0 amide bonds. The van der Waals surface area contributed by atoms with Crippen molar-refractivity contribution in [1.29, 1.82) is 0 Å². The number of hydrogen-bond donors (Lipinski definition) is 1. The van der Waals surface area contributed by atoms with Gasteiger partial charge in [0.05, 0.1) is 18.8 Å². The SMILES string of the molecule is COc1ccc2c(c1)CC(O)(CCCC1CCCO1)CC2. The molecular weight excluding hydrogens is 264 g/mol. The van der Waals surface area contributed by atoms with E-state index in [2.05, 4.69) is 12.1 Å². The lowest BCUT2D eigenvalue weighted by atomic mass is 9.77. The average Bonchev–Trinajstić information content (AvgIpc) is 2.99. The summed E-state index contributed by atoms with van der Waals surface area (Å²) in [4.78, 5) is 0. The molecule has 0 saturated carbocycles. The maximum atomic E-state index is 10.9. The Bertz CT molecular complexity index is 479. The van der Waals surface area contributed by atoms with Gasteiger partial charge in [0.25, 0.3) is 0 Å². The number of hydrogen-bond acceptors (Lipinski definition) is 3. The second-order valence-corrected chi connectivity index (χ2v) is 6.56. The second-order valence-electron chi connectivity index (χ2n) is 6.56. The molecule has 1 saturated heterocycles. The molecule has 0 bridgehead atoms. The molecule has 1 aromatic carbocycles. The summed E-state index contributed by atoms with van der Waals surface area (Å²) in [6, 6.07) is 6.24. The highest BCUT2D eigenvalue weighted by molar-refractivity contribution is 5.38. The van der Waals surface area contributed by atoms with E-state index in [1.165, 1.54) is 24.0 Å². The lowest BCUT2D eigenvalue weighted by molar-refractivity contribution is 0.0109. The van der Waals surface area contributed by atoms with E-state index in [1.54, 1.807) is 7.11 Å². The molecule has 0 aromatic heterocycles. The first-order valence-electron chi connectivity index (χ1n) is 8.18. The van der Waals surface area contributed by atoms with Crippen molar-refractivity contribution in [2.75, 3.05) is 13.7 Å². The topological polar surface area (TPSA) is 38.7 Å². The molecule has 1 fully saturated rings. The van der Waals surface area contributed by atoms with Crippen molar-refractivity contribution in [3.8, 4) is 5.75 Å². The molecule has 3 heteroatoms. The maximum Gasteiger partial charge on any atom is 0.119 e. The normalized spacial score (nSPS) is 28.4. The number of ether oxygens (including phenoxy) is 2. The molecule has 2 atom stereocenters. The Kier molecular flexibility index (Phi) is 4.51. The first-order chi connectivity index (χ1) is 10.2. The summed E-state index contributed by atoms with van der Waals surface area (Å²) < 4.78 is 11.0. The number of aryl methyl sites for hydroxylation is 1. The van der Waals surface area contributed by atoms with Crippen LogP contribution in [0.2, 0.25) is 0 Å². The van der Waals surface area contributed by atoms with Gasteiger partial charge in [-0.2, -0.15) is 0 Å². The van der Waals surface area contributed by atoms with Gasteiger partial charge in [0, 0.05) is 13.0 Å². The second kappa shape index (κ2) is 6.37. The van der Waals surface area contributed by atoms with Gasteiger partial charge in [0.15, 0.2) is 0 Å². The minimum atomic E-state index is -0.544. The Morgan fingerprint density at radius 3 is 3.05 bits per heavy atom. The lowest BCUT2D eigenvalue weighted by Gasteiger charge is -2.34. The third kappa shape index (κ3) is 3.58. The van der Waals surface area contributed by atoms with Gasteiger partial charge in [0.2, 0.25) is 0 Å². The van der Waals surface area contributed by atoms with Crippen LogP contribution < -0.4 is 4.74 Å². The minimum Gasteiger partial charge on any atom is -0.497 e. The van der Waals surface area contributed by atoms with Crippen molar-refractivity contribution in [2.24, 2.45) is 0 Å². The van der Waals surface area contributed by atoms with Gasteiger partial charge in [-0.05, 0) is 68.2 Å². The molecule has 3 nitrogen and oxygen atoms in total. The Morgan fingerprint density at radius 1 is 1.38 bits per heavy atom. The number of rotatable bonds is 5. The van der Waals surface area contributed by atoms with Gasteiger partial charge >= 0.3 is 0 Å². The molecule has 3 rings (SSSR count). The van der Waals surface area contributed by atoms with Crippen LogP contribution in [0.1, 0.15) is 49.7 Å². The summed E-state index contributed by atoms with van der Waals surface area (Å²) >= 11 is 0. The zero-order chi connectivity index (χ0) is 14.7. The van der Waals surface area contributed by atoms with Crippen molar-refractivity contribution in [3.05, 3.63) is 29.3 Å². The van der Waals surface area contributed by atoms with Gasteiger partial charge in [-0.15, -0.1) is 0 Å². The zero-order valence-electron chi connectivity index (χ0n) is 12.9. The van der Waals surface area contributed by atoms with Crippen molar-refractivity contribution in [1.82, 2.24) is 0 Å². The fraction of sp³-hybridized carbons (Fsp3) is 0.667. The summed E-state index contributed by atoms with van der Waals surface area (Å²) in [5, 5.41) is 10.9. The molecular formula is C18H26O3. The summed E-state index contributed by atoms with van der Waals surface area (Å²) in [6.07, 6.45) is 8.45. The Balaban J connectivity index is 1.57. The molecule has 0 radical (unpaired) electrons. The fourth-order valence-electron chi connectivity index (χ4n) is 3.69. The predicted molar refractivity (Wildman–Crippen MR) is 82.8 cm³/mol. The maximum absolute atomic E-state index is 10.9. The van der Waals surface area contributed by atoms with Crippen LogP contribution in [-0.2, 0) is 17.6 Å². The largest absolute Gasteiger partial charge is 0.497 e. The van der Waals surface area contributed by atoms with Crippen molar-refractivity contribution in [3.63, 3.8) is 0 Å². The summed E-state index contributed by atoms with van der Waals surface area (Å²) in [7, 11) is 1.69. The van der Waals surface area contributed by atoms with E-state index in [0.717, 1.165) is 50.9 Å². The predicted octanol–water partition coefficient (Wildman–Crippen LogP) is 3.26. The Hall–Kier alpha value is -1.06. The van der Waals surface area contributed by atoms with E-state index in [9.17, 15) is 5.11 Å². The van der Waals surface area contributed by atoms with Crippen LogP contribution in [0.25, 0.3) is 0 Å². The van der Waals surface area contributed by atoms with Crippen LogP contribution in [-0.4, -0.2) is 30.5 Å². The van der Waals surface area contributed by atoms with Crippen LogP contribution >= 0.6 is 0 Å². The molecule has 1 aromatic rings. The fourth-order valence-corrected chi connectivity index (χ4v) is 3.69. The highest BCUT2D eigenvalue weighted by Crippen LogP contribution is 2.34. The number of aliphatic hydroxyl groups is 1. The van der Waals surface area contributed by atoms with Crippen LogP contribution in [0.15, 0.2) is 18.2 Å². The van der Waals surface area contributed by atoms with E-state index >= 15 is 0 Å². The highest BCUT2D eigenvalue weighted by Gasteiger charge is 2.32. The van der Waals surface area contributed by atoms with Gasteiger partial charge in [0.1, 0.15) is 5.75 Å². The molecule has 2 unspecified atom stereocenters. The molecule has 1 aliphatic carbocycles. The number of benzene rings is 1.